The average molecular weight is 405 g/mol. The number of carbonyl (C=O) groups excluding carboxylic acids is 1. The van der Waals surface area contributed by atoms with Crippen molar-refractivity contribution in [2.75, 3.05) is 23.3 Å². The standard InChI is InChI=1S/C19H17F2N3O3S/c1-11(28)22-9-14-10-24(19(26)27-14)13-5-6-16(15(21)8-13)23-17-7-12(20)3-2-4-18(17)25/h2-8,14H,9-10H2,1H3,(H,22,28)(H,23,25)/t14-/m0/s1. The molecule has 1 amide bonds. The summed E-state index contributed by atoms with van der Waals surface area (Å²) >= 11 is 4.92. The monoisotopic (exact) mass is 405 g/mol. The van der Waals surface area contributed by atoms with Crippen molar-refractivity contribution in [3.05, 3.63) is 64.3 Å². The average Bonchev–Trinajstić information content (AvgIpc) is 2.93. The van der Waals surface area contributed by atoms with Gasteiger partial charge in [0.2, 0.25) is 5.43 Å². The fraction of sp³-hybridized carbons (Fsp3) is 0.211. The summed E-state index contributed by atoms with van der Waals surface area (Å²) in [5.41, 5.74) is -0.300. The number of thiocarbonyl (C=S) groups is 1. The first-order valence-corrected chi connectivity index (χ1v) is 8.83. The summed E-state index contributed by atoms with van der Waals surface area (Å²) in [6, 6.07) is 8.59. The molecular weight excluding hydrogens is 388 g/mol. The zero-order chi connectivity index (χ0) is 20.3. The highest BCUT2D eigenvalue weighted by Gasteiger charge is 2.32. The number of cyclic esters (lactones) is 1. The molecule has 28 heavy (non-hydrogen) atoms. The van der Waals surface area contributed by atoms with Crippen LogP contribution >= 0.6 is 12.2 Å². The predicted molar refractivity (Wildman–Crippen MR) is 106 cm³/mol. The van der Waals surface area contributed by atoms with Gasteiger partial charge in [-0.15, -0.1) is 0 Å². The number of ether oxygens (including phenoxy) is 1. The number of halogens is 2. The quantitative estimate of drug-likeness (QED) is 0.744. The van der Waals surface area contributed by atoms with Crippen molar-refractivity contribution in [3.63, 3.8) is 0 Å². The second-order valence-corrected chi connectivity index (χ2v) is 6.79. The van der Waals surface area contributed by atoms with Crippen LogP contribution in [0.2, 0.25) is 0 Å². The molecule has 2 N–H and O–H groups in total. The van der Waals surface area contributed by atoms with Crippen molar-refractivity contribution >= 4 is 40.4 Å². The van der Waals surface area contributed by atoms with Gasteiger partial charge in [0.15, 0.2) is 0 Å². The third-order valence-electron chi connectivity index (χ3n) is 4.04. The molecule has 9 heteroatoms. The molecule has 2 aromatic carbocycles. The first-order valence-electron chi connectivity index (χ1n) is 8.42. The van der Waals surface area contributed by atoms with Gasteiger partial charge in [-0.05, 0) is 37.3 Å². The number of carbonyl (C=O) groups is 1. The van der Waals surface area contributed by atoms with E-state index in [1.807, 2.05) is 0 Å². The number of benzene rings is 1. The van der Waals surface area contributed by atoms with Gasteiger partial charge in [0.25, 0.3) is 0 Å². The van der Waals surface area contributed by atoms with Gasteiger partial charge in [0.05, 0.1) is 35.1 Å². The van der Waals surface area contributed by atoms with Gasteiger partial charge in [-0.2, -0.15) is 0 Å². The van der Waals surface area contributed by atoms with E-state index in [1.165, 1.54) is 29.2 Å². The number of hydrogen-bond donors (Lipinski definition) is 2. The highest BCUT2D eigenvalue weighted by atomic mass is 32.1. The van der Waals surface area contributed by atoms with Crippen LogP contribution in [-0.2, 0) is 4.74 Å². The largest absolute Gasteiger partial charge is 0.442 e. The lowest BCUT2D eigenvalue weighted by molar-refractivity contribution is 0.143. The topological polar surface area (TPSA) is 70.7 Å². The van der Waals surface area contributed by atoms with E-state index in [2.05, 4.69) is 10.6 Å². The van der Waals surface area contributed by atoms with Gasteiger partial charge in [0.1, 0.15) is 17.7 Å². The Kier molecular flexibility index (Phi) is 5.84. The SMILES string of the molecule is CC(=S)NC[C@H]1CN(c2ccc(Nc3cc(F)cccc3=O)c(F)c2)C(=O)O1. The van der Waals surface area contributed by atoms with Crippen molar-refractivity contribution < 1.29 is 18.3 Å². The number of nitrogens with one attached hydrogen (secondary N) is 2. The molecule has 1 atom stereocenters. The van der Waals surface area contributed by atoms with E-state index < -0.39 is 29.3 Å². The van der Waals surface area contributed by atoms with Gasteiger partial charge in [-0.3, -0.25) is 9.69 Å². The first kappa shape index (κ1) is 19.7. The Morgan fingerprint density at radius 3 is 2.71 bits per heavy atom. The summed E-state index contributed by atoms with van der Waals surface area (Å²) in [6.45, 7) is 2.32. The molecule has 0 spiro atoms. The van der Waals surface area contributed by atoms with Crippen LogP contribution < -0.4 is 21.0 Å². The second kappa shape index (κ2) is 8.30. The summed E-state index contributed by atoms with van der Waals surface area (Å²) in [7, 11) is 0. The maximum atomic E-state index is 14.5. The Hall–Kier alpha value is -3.07. The van der Waals surface area contributed by atoms with Crippen LogP contribution in [0.5, 0.6) is 0 Å². The Labute approximate surface area is 165 Å². The molecule has 1 saturated heterocycles. The Balaban J connectivity index is 1.77. The van der Waals surface area contributed by atoms with Crippen molar-refractivity contribution in [1.82, 2.24) is 5.32 Å². The van der Waals surface area contributed by atoms with Gasteiger partial charge in [-0.1, -0.05) is 18.3 Å². The van der Waals surface area contributed by atoms with E-state index in [-0.39, 0.29) is 17.9 Å². The summed E-state index contributed by atoms with van der Waals surface area (Å²) in [5.74, 6) is -1.33. The normalized spacial score (nSPS) is 15.9. The van der Waals surface area contributed by atoms with Gasteiger partial charge in [0, 0.05) is 6.07 Å². The molecule has 0 saturated carbocycles. The van der Waals surface area contributed by atoms with E-state index in [0.29, 0.717) is 17.2 Å². The highest BCUT2D eigenvalue weighted by Crippen LogP contribution is 2.27. The fourth-order valence-electron chi connectivity index (χ4n) is 2.69. The second-order valence-electron chi connectivity index (χ2n) is 6.18. The van der Waals surface area contributed by atoms with Crippen LogP contribution in [0.25, 0.3) is 0 Å². The lowest BCUT2D eigenvalue weighted by Gasteiger charge is -2.15. The van der Waals surface area contributed by atoms with Crippen molar-refractivity contribution in [2.45, 2.75) is 13.0 Å². The number of rotatable bonds is 5. The van der Waals surface area contributed by atoms with Gasteiger partial charge < -0.3 is 15.4 Å². The molecule has 146 valence electrons. The van der Waals surface area contributed by atoms with E-state index in [0.717, 1.165) is 18.2 Å². The predicted octanol–water partition coefficient (Wildman–Crippen LogP) is 3.33. The maximum absolute atomic E-state index is 14.5. The molecule has 0 bridgehead atoms. The third-order valence-corrected chi connectivity index (χ3v) is 4.18. The minimum Gasteiger partial charge on any atom is -0.442 e. The zero-order valence-corrected chi connectivity index (χ0v) is 15.7. The molecule has 1 heterocycles. The number of hydrogen-bond acceptors (Lipinski definition) is 5. The first-order chi connectivity index (χ1) is 13.3. The molecule has 6 nitrogen and oxygen atoms in total. The number of anilines is 3. The molecule has 1 aliphatic rings. The van der Waals surface area contributed by atoms with Crippen LogP contribution in [0, 0.1) is 11.6 Å². The van der Waals surface area contributed by atoms with E-state index in [9.17, 15) is 18.4 Å². The van der Waals surface area contributed by atoms with Crippen molar-refractivity contribution in [2.24, 2.45) is 0 Å². The van der Waals surface area contributed by atoms with Gasteiger partial charge in [-0.25, -0.2) is 13.6 Å². The summed E-state index contributed by atoms with van der Waals surface area (Å²) in [4.78, 5) is 25.9. The fourth-order valence-corrected chi connectivity index (χ4v) is 2.77. The van der Waals surface area contributed by atoms with Crippen molar-refractivity contribution in [3.8, 4) is 0 Å². The Bertz CT molecular complexity index is 987. The Morgan fingerprint density at radius 1 is 1.21 bits per heavy atom. The van der Waals surface area contributed by atoms with Crippen LogP contribution in [0.3, 0.4) is 0 Å². The molecule has 0 aromatic heterocycles. The summed E-state index contributed by atoms with van der Waals surface area (Å²) < 4.78 is 33.3. The van der Waals surface area contributed by atoms with Crippen LogP contribution in [0.15, 0.2) is 47.3 Å². The molecule has 0 aliphatic carbocycles. The Morgan fingerprint density at radius 2 is 2.00 bits per heavy atom. The van der Waals surface area contributed by atoms with Crippen LogP contribution in [-0.4, -0.2) is 30.3 Å². The zero-order valence-electron chi connectivity index (χ0n) is 14.9. The molecule has 0 unspecified atom stereocenters. The molecule has 1 fully saturated rings. The van der Waals surface area contributed by atoms with Crippen LogP contribution in [0.1, 0.15) is 6.92 Å². The van der Waals surface area contributed by atoms with Gasteiger partial charge >= 0.3 is 6.09 Å². The molecule has 1 aliphatic heterocycles. The number of nitrogens with zero attached hydrogens (tertiary/aromatic N) is 1. The number of amides is 1. The van der Waals surface area contributed by atoms with E-state index >= 15 is 0 Å². The highest BCUT2D eigenvalue weighted by molar-refractivity contribution is 7.80. The smallest absolute Gasteiger partial charge is 0.414 e. The lowest BCUT2D eigenvalue weighted by atomic mass is 10.2. The third kappa shape index (κ3) is 4.61. The lowest BCUT2D eigenvalue weighted by Crippen LogP contribution is -2.32. The minimum atomic E-state index is -0.701. The molecule has 2 aromatic rings. The summed E-state index contributed by atoms with van der Waals surface area (Å²) in [5, 5.41) is 5.51. The maximum Gasteiger partial charge on any atom is 0.414 e. The minimum absolute atomic E-state index is 0.0198. The molecule has 0 radical (unpaired) electrons. The molecular formula is C19H17F2N3O3S. The van der Waals surface area contributed by atoms with Crippen LogP contribution in [0.4, 0.5) is 30.6 Å². The summed E-state index contributed by atoms with van der Waals surface area (Å²) in [6.07, 6.45) is -1.01. The van der Waals surface area contributed by atoms with Crippen molar-refractivity contribution in [1.29, 1.82) is 0 Å². The van der Waals surface area contributed by atoms with E-state index in [4.69, 9.17) is 17.0 Å². The molecule has 3 rings (SSSR count). The van der Waals surface area contributed by atoms with E-state index in [1.54, 1.807) is 6.92 Å².